The van der Waals surface area contributed by atoms with Crippen molar-refractivity contribution in [2.24, 2.45) is 5.73 Å². The van der Waals surface area contributed by atoms with Gasteiger partial charge in [0, 0.05) is 49.8 Å². The average Bonchev–Trinajstić information content (AvgIpc) is 2.50. The molecule has 1 aliphatic rings. The van der Waals surface area contributed by atoms with Gasteiger partial charge in [0.05, 0.1) is 0 Å². The first-order valence-corrected chi connectivity index (χ1v) is 8.07. The Morgan fingerprint density at radius 3 is 2.38 bits per heavy atom. The summed E-state index contributed by atoms with van der Waals surface area (Å²) >= 11 is 6.19. The zero-order chi connectivity index (χ0) is 15.4. The van der Waals surface area contributed by atoms with Crippen LogP contribution in [0.2, 0.25) is 5.02 Å². The van der Waals surface area contributed by atoms with E-state index < -0.39 is 0 Å². The number of piperazine rings is 1. The fraction of sp³-hybridized carbons (Fsp3) is 0.625. The normalized spacial score (nSPS) is 20.4. The van der Waals surface area contributed by atoms with E-state index in [1.54, 1.807) is 6.07 Å². The van der Waals surface area contributed by atoms with Gasteiger partial charge in [-0.2, -0.15) is 0 Å². The van der Waals surface area contributed by atoms with E-state index in [4.69, 9.17) is 17.3 Å². The van der Waals surface area contributed by atoms with Crippen molar-refractivity contribution in [2.75, 3.05) is 32.7 Å². The Balaban J connectivity index is 2.06. The fourth-order valence-corrected chi connectivity index (χ4v) is 3.29. The highest BCUT2D eigenvalue weighted by Gasteiger charge is 2.26. The monoisotopic (exact) mass is 313 g/mol. The number of benzene rings is 1. The molecule has 1 heterocycles. The topological polar surface area (TPSA) is 32.5 Å². The van der Waals surface area contributed by atoms with Crippen molar-refractivity contribution >= 4 is 11.6 Å². The summed E-state index contributed by atoms with van der Waals surface area (Å²) in [6, 6.07) is 5.28. The number of rotatable bonds is 5. The van der Waals surface area contributed by atoms with Crippen LogP contribution in [0.4, 0.5) is 4.39 Å². The van der Waals surface area contributed by atoms with E-state index in [1.165, 1.54) is 18.6 Å². The quantitative estimate of drug-likeness (QED) is 0.907. The highest BCUT2D eigenvalue weighted by molar-refractivity contribution is 6.31. The molecule has 0 aliphatic carbocycles. The van der Waals surface area contributed by atoms with E-state index in [0.717, 1.165) is 31.7 Å². The van der Waals surface area contributed by atoms with Gasteiger partial charge in [-0.1, -0.05) is 24.6 Å². The van der Waals surface area contributed by atoms with E-state index in [1.807, 2.05) is 0 Å². The molecule has 1 aliphatic heterocycles. The molecule has 0 spiro atoms. The van der Waals surface area contributed by atoms with Crippen LogP contribution >= 0.6 is 11.6 Å². The van der Waals surface area contributed by atoms with Crippen molar-refractivity contribution in [3.8, 4) is 0 Å². The first-order chi connectivity index (χ1) is 10.1. The summed E-state index contributed by atoms with van der Waals surface area (Å²) in [6.07, 6.45) is 1.17. The smallest absolute Gasteiger partial charge is 0.124 e. The van der Waals surface area contributed by atoms with Gasteiger partial charge in [0.1, 0.15) is 5.82 Å². The van der Waals surface area contributed by atoms with Crippen molar-refractivity contribution in [2.45, 2.75) is 32.4 Å². The van der Waals surface area contributed by atoms with Gasteiger partial charge in [0.2, 0.25) is 0 Å². The van der Waals surface area contributed by atoms with Gasteiger partial charge in [0.15, 0.2) is 0 Å². The molecule has 2 N–H and O–H groups in total. The molecule has 2 unspecified atom stereocenters. The first kappa shape index (κ1) is 16.7. The summed E-state index contributed by atoms with van der Waals surface area (Å²) in [4.78, 5) is 4.87. The second-order valence-corrected chi connectivity index (χ2v) is 6.15. The van der Waals surface area contributed by atoms with E-state index >= 15 is 0 Å². The molecule has 21 heavy (non-hydrogen) atoms. The minimum absolute atomic E-state index is 0.0668. The third kappa shape index (κ3) is 3.95. The molecule has 1 aromatic rings. The van der Waals surface area contributed by atoms with E-state index in [-0.39, 0.29) is 11.9 Å². The maximum absolute atomic E-state index is 13.2. The summed E-state index contributed by atoms with van der Waals surface area (Å²) in [5, 5.41) is 0.467. The van der Waals surface area contributed by atoms with Gasteiger partial charge in [-0.25, -0.2) is 4.39 Å². The van der Waals surface area contributed by atoms with Crippen LogP contribution in [0.5, 0.6) is 0 Å². The lowest BCUT2D eigenvalue weighted by atomic mass is 10.0. The predicted octanol–water partition coefficient (Wildman–Crippen LogP) is 2.90. The average molecular weight is 314 g/mol. The van der Waals surface area contributed by atoms with Crippen LogP contribution in [0, 0.1) is 5.82 Å². The molecular formula is C16H25ClFN3. The number of nitrogens with zero attached hydrogens (tertiary/aromatic N) is 2. The van der Waals surface area contributed by atoms with Gasteiger partial charge in [-0.05, 0) is 31.0 Å². The Kier molecular flexibility index (Phi) is 5.99. The van der Waals surface area contributed by atoms with Crippen LogP contribution in [0.25, 0.3) is 0 Å². The fourth-order valence-electron chi connectivity index (χ4n) is 2.99. The van der Waals surface area contributed by atoms with Crippen LogP contribution in [0.15, 0.2) is 18.2 Å². The maximum atomic E-state index is 13.2. The number of hydrogen-bond acceptors (Lipinski definition) is 3. The Bertz CT molecular complexity index is 461. The molecule has 0 aromatic heterocycles. The molecule has 1 fully saturated rings. The minimum Gasteiger partial charge on any atom is -0.329 e. The van der Waals surface area contributed by atoms with Crippen LogP contribution in [-0.2, 0) is 0 Å². The van der Waals surface area contributed by atoms with Gasteiger partial charge >= 0.3 is 0 Å². The summed E-state index contributed by atoms with van der Waals surface area (Å²) in [7, 11) is 0. The Morgan fingerprint density at radius 1 is 1.24 bits per heavy atom. The number of halogens is 2. The molecule has 0 bridgehead atoms. The molecule has 5 heteroatoms. The molecule has 3 nitrogen and oxygen atoms in total. The van der Waals surface area contributed by atoms with Crippen molar-refractivity contribution in [3.63, 3.8) is 0 Å². The third-order valence-corrected chi connectivity index (χ3v) is 4.88. The van der Waals surface area contributed by atoms with Gasteiger partial charge in [-0.15, -0.1) is 0 Å². The second kappa shape index (κ2) is 7.54. The molecule has 2 atom stereocenters. The summed E-state index contributed by atoms with van der Waals surface area (Å²) in [5.41, 5.74) is 6.88. The van der Waals surface area contributed by atoms with Crippen LogP contribution in [-0.4, -0.2) is 48.6 Å². The first-order valence-electron chi connectivity index (χ1n) is 7.70. The zero-order valence-corrected chi connectivity index (χ0v) is 13.6. The number of hydrogen-bond donors (Lipinski definition) is 1. The lowest BCUT2D eigenvalue weighted by molar-refractivity contribution is 0.0743. The van der Waals surface area contributed by atoms with Crippen molar-refractivity contribution in [3.05, 3.63) is 34.6 Å². The van der Waals surface area contributed by atoms with Crippen LogP contribution in [0.1, 0.15) is 31.9 Å². The highest BCUT2D eigenvalue weighted by Crippen LogP contribution is 2.28. The maximum Gasteiger partial charge on any atom is 0.124 e. The van der Waals surface area contributed by atoms with E-state index in [9.17, 15) is 4.39 Å². The van der Waals surface area contributed by atoms with E-state index in [2.05, 4.69) is 23.6 Å². The van der Waals surface area contributed by atoms with Crippen LogP contribution in [0.3, 0.4) is 0 Å². The third-order valence-electron chi connectivity index (χ3n) is 4.55. The standard InChI is InChI=1S/C16H25ClFN3/c1-3-12(2)20-6-8-21(9-7-20)16(11-19)14-5-4-13(18)10-15(14)17/h4-5,10,12,16H,3,6-9,11,19H2,1-2H3. The lowest BCUT2D eigenvalue weighted by Gasteiger charge is -2.41. The zero-order valence-electron chi connectivity index (χ0n) is 12.9. The molecule has 0 saturated carbocycles. The summed E-state index contributed by atoms with van der Waals surface area (Å²) < 4.78 is 13.2. The van der Waals surface area contributed by atoms with Gasteiger partial charge in [0.25, 0.3) is 0 Å². The molecule has 0 amide bonds. The van der Waals surface area contributed by atoms with Gasteiger partial charge < -0.3 is 5.73 Å². The molecule has 118 valence electrons. The van der Waals surface area contributed by atoms with Gasteiger partial charge in [-0.3, -0.25) is 9.80 Å². The largest absolute Gasteiger partial charge is 0.329 e. The highest BCUT2D eigenvalue weighted by atomic mass is 35.5. The van der Waals surface area contributed by atoms with Crippen molar-refractivity contribution < 1.29 is 4.39 Å². The minimum atomic E-state index is -0.305. The van der Waals surface area contributed by atoms with Crippen LogP contribution < -0.4 is 5.73 Å². The number of nitrogens with two attached hydrogens (primary N) is 1. The molecule has 0 radical (unpaired) electrons. The molecule has 2 rings (SSSR count). The SMILES string of the molecule is CCC(C)N1CCN(C(CN)c2ccc(F)cc2Cl)CC1. The molecule has 1 saturated heterocycles. The molecule has 1 aromatic carbocycles. The summed E-state index contributed by atoms with van der Waals surface area (Å²) in [5.74, 6) is -0.305. The summed E-state index contributed by atoms with van der Waals surface area (Å²) in [6.45, 7) is 9.02. The second-order valence-electron chi connectivity index (χ2n) is 5.75. The van der Waals surface area contributed by atoms with Crippen molar-refractivity contribution in [1.82, 2.24) is 9.80 Å². The Morgan fingerprint density at radius 2 is 1.86 bits per heavy atom. The van der Waals surface area contributed by atoms with E-state index in [0.29, 0.717) is 17.6 Å². The lowest BCUT2D eigenvalue weighted by Crippen LogP contribution is -2.51. The predicted molar refractivity (Wildman–Crippen MR) is 86.1 cm³/mol. The molecular weight excluding hydrogens is 289 g/mol. The Labute approximate surface area is 131 Å². The Hall–Kier alpha value is -0.680. The van der Waals surface area contributed by atoms with Crippen molar-refractivity contribution in [1.29, 1.82) is 0 Å².